The second-order valence-corrected chi connectivity index (χ2v) is 4.78. The van der Waals surface area contributed by atoms with E-state index < -0.39 is 0 Å². The third kappa shape index (κ3) is 2.31. The van der Waals surface area contributed by atoms with Crippen molar-refractivity contribution in [3.8, 4) is 0 Å². The lowest BCUT2D eigenvalue weighted by Gasteiger charge is -2.07. The van der Waals surface area contributed by atoms with Crippen molar-refractivity contribution in [2.24, 2.45) is 11.7 Å². The molecular weight excluding hydrogens is 212 g/mol. The average molecular weight is 232 g/mol. The first-order valence-corrected chi connectivity index (χ1v) is 6.21. The van der Waals surface area contributed by atoms with Crippen molar-refractivity contribution >= 4 is 11.0 Å². The summed E-state index contributed by atoms with van der Waals surface area (Å²) in [7, 11) is 0. The number of rotatable bonds is 4. The van der Waals surface area contributed by atoms with Gasteiger partial charge in [-0.2, -0.15) is 0 Å². The van der Waals surface area contributed by atoms with Gasteiger partial charge >= 0.3 is 0 Å². The van der Waals surface area contributed by atoms with Crippen molar-refractivity contribution in [1.82, 2.24) is 15.0 Å². The Kier molecular flexibility index (Phi) is 3.43. The van der Waals surface area contributed by atoms with Gasteiger partial charge in [0.1, 0.15) is 11.5 Å². The van der Waals surface area contributed by atoms with Crippen molar-refractivity contribution in [3.63, 3.8) is 0 Å². The molecule has 0 saturated heterocycles. The second kappa shape index (κ2) is 4.84. The summed E-state index contributed by atoms with van der Waals surface area (Å²) in [6.07, 6.45) is 3.77. The summed E-state index contributed by atoms with van der Waals surface area (Å²) in [5.41, 5.74) is 8.86. The highest BCUT2D eigenvalue weighted by Gasteiger charge is 2.12. The van der Waals surface area contributed by atoms with Crippen LogP contribution in [0.25, 0.3) is 11.0 Å². The maximum atomic E-state index is 5.73. The van der Waals surface area contributed by atoms with E-state index in [9.17, 15) is 0 Å². The fourth-order valence-corrected chi connectivity index (χ4v) is 2.10. The van der Waals surface area contributed by atoms with Gasteiger partial charge in [-0.3, -0.25) is 0 Å². The molecule has 0 amide bonds. The molecular formula is C13H20N4. The van der Waals surface area contributed by atoms with Gasteiger partial charge in [0.05, 0.1) is 5.69 Å². The fourth-order valence-electron chi connectivity index (χ4n) is 2.10. The first-order valence-electron chi connectivity index (χ1n) is 6.21. The molecule has 0 aromatic carbocycles. The lowest BCUT2D eigenvalue weighted by atomic mass is 10.1. The van der Waals surface area contributed by atoms with Crippen LogP contribution in [-0.2, 0) is 19.4 Å². The highest BCUT2D eigenvalue weighted by atomic mass is 15.0. The lowest BCUT2D eigenvalue weighted by Crippen LogP contribution is -2.05. The minimum atomic E-state index is 0.528. The normalized spacial score (nSPS) is 11.6. The van der Waals surface area contributed by atoms with Crippen molar-refractivity contribution < 1.29 is 0 Å². The lowest BCUT2D eigenvalue weighted by molar-refractivity contribution is 0.620. The third-order valence-corrected chi connectivity index (χ3v) is 2.88. The standard InChI is InChI=1S/C13H20N4/c1-4-10-12-9(6-14)7-15-13(12)17-11(16-10)5-8(2)3/h7-8H,4-6,14H2,1-3H3,(H,15,16,17). The zero-order valence-corrected chi connectivity index (χ0v) is 10.7. The van der Waals surface area contributed by atoms with Crippen LogP contribution in [0.1, 0.15) is 37.9 Å². The predicted molar refractivity (Wildman–Crippen MR) is 69.7 cm³/mol. The fraction of sp³-hybridized carbons (Fsp3) is 0.538. The van der Waals surface area contributed by atoms with E-state index in [4.69, 9.17) is 5.73 Å². The quantitative estimate of drug-likeness (QED) is 0.849. The van der Waals surface area contributed by atoms with Crippen molar-refractivity contribution in [2.45, 2.75) is 40.2 Å². The highest BCUT2D eigenvalue weighted by molar-refractivity contribution is 5.82. The summed E-state index contributed by atoms with van der Waals surface area (Å²) < 4.78 is 0. The van der Waals surface area contributed by atoms with Gasteiger partial charge in [-0.05, 0) is 17.9 Å². The summed E-state index contributed by atoms with van der Waals surface area (Å²) in [4.78, 5) is 12.4. The molecule has 4 nitrogen and oxygen atoms in total. The summed E-state index contributed by atoms with van der Waals surface area (Å²) in [5.74, 6) is 1.50. The van der Waals surface area contributed by atoms with E-state index in [0.29, 0.717) is 12.5 Å². The van der Waals surface area contributed by atoms with Gasteiger partial charge < -0.3 is 10.7 Å². The van der Waals surface area contributed by atoms with Gasteiger partial charge in [-0.25, -0.2) is 9.97 Å². The maximum Gasteiger partial charge on any atom is 0.141 e. The average Bonchev–Trinajstić information content (AvgIpc) is 2.70. The van der Waals surface area contributed by atoms with Crippen LogP contribution in [0.4, 0.5) is 0 Å². The van der Waals surface area contributed by atoms with E-state index in [2.05, 4.69) is 35.7 Å². The first kappa shape index (κ1) is 12.0. The minimum Gasteiger partial charge on any atom is -0.346 e. The zero-order valence-electron chi connectivity index (χ0n) is 10.7. The van der Waals surface area contributed by atoms with Crippen LogP contribution >= 0.6 is 0 Å². The number of nitrogens with zero attached hydrogens (tertiary/aromatic N) is 2. The summed E-state index contributed by atoms with van der Waals surface area (Å²) in [6.45, 7) is 7.01. The first-order chi connectivity index (χ1) is 8.15. The largest absolute Gasteiger partial charge is 0.346 e. The van der Waals surface area contributed by atoms with Gasteiger partial charge in [0.2, 0.25) is 0 Å². The number of aromatic nitrogens is 3. The molecule has 0 aliphatic carbocycles. The number of aromatic amines is 1. The molecule has 0 fully saturated rings. The molecule has 0 unspecified atom stereocenters. The van der Waals surface area contributed by atoms with Gasteiger partial charge in [0, 0.05) is 24.5 Å². The Labute approximate surface area is 102 Å². The van der Waals surface area contributed by atoms with Crippen LogP contribution < -0.4 is 5.73 Å². The van der Waals surface area contributed by atoms with Gasteiger partial charge in [0.15, 0.2) is 0 Å². The molecule has 0 spiro atoms. The third-order valence-electron chi connectivity index (χ3n) is 2.88. The maximum absolute atomic E-state index is 5.73. The van der Waals surface area contributed by atoms with E-state index in [-0.39, 0.29) is 0 Å². The molecule has 2 rings (SSSR count). The molecule has 2 heterocycles. The van der Waals surface area contributed by atoms with Crippen LogP contribution in [0, 0.1) is 5.92 Å². The Hall–Kier alpha value is -1.42. The molecule has 0 aliphatic rings. The van der Waals surface area contributed by atoms with Crippen LogP contribution in [0.5, 0.6) is 0 Å². The molecule has 0 atom stereocenters. The Balaban J connectivity index is 2.55. The SMILES string of the molecule is CCc1nc(CC(C)C)nc2[nH]cc(CN)c12. The second-order valence-electron chi connectivity index (χ2n) is 4.78. The Morgan fingerprint density at radius 3 is 2.71 bits per heavy atom. The number of nitrogens with one attached hydrogen (secondary N) is 1. The molecule has 2 aromatic heterocycles. The molecule has 92 valence electrons. The monoisotopic (exact) mass is 232 g/mol. The minimum absolute atomic E-state index is 0.528. The molecule has 2 aromatic rings. The van der Waals surface area contributed by atoms with Crippen LogP contribution in [-0.4, -0.2) is 15.0 Å². The molecule has 4 heteroatoms. The van der Waals surface area contributed by atoms with Crippen LogP contribution in [0.15, 0.2) is 6.20 Å². The Bertz CT molecular complexity index is 513. The van der Waals surface area contributed by atoms with Crippen molar-refractivity contribution in [1.29, 1.82) is 0 Å². The number of aryl methyl sites for hydroxylation is 1. The van der Waals surface area contributed by atoms with E-state index in [1.807, 2.05) is 6.20 Å². The molecule has 3 N–H and O–H groups in total. The van der Waals surface area contributed by atoms with Crippen molar-refractivity contribution in [3.05, 3.63) is 23.3 Å². The summed E-state index contributed by atoms with van der Waals surface area (Å²) >= 11 is 0. The topological polar surface area (TPSA) is 67.6 Å². The molecule has 0 saturated carbocycles. The molecule has 0 bridgehead atoms. The van der Waals surface area contributed by atoms with Crippen LogP contribution in [0.2, 0.25) is 0 Å². The predicted octanol–water partition coefficient (Wildman–Crippen LogP) is 2.18. The summed E-state index contributed by atoms with van der Waals surface area (Å²) in [5, 5.41) is 1.11. The van der Waals surface area contributed by atoms with Gasteiger partial charge in [-0.1, -0.05) is 20.8 Å². The summed E-state index contributed by atoms with van der Waals surface area (Å²) in [6, 6.07) is 0. The number of H-pyrrole nitrogens is 1. The van der Waals surface area contributed by atoms with Crippen LogP contribution in [0.3, 0.4) is 0 Å². The molecule has 17 heavy (non-hydrogen) atoms. The highest BCUT2D eigenvalue weighted by Crippen LogP contribution is 2.21. The van der Waals surface area contributed by atoms with E-state index in [1.165, 1.54) is 0 Å². The van der Waals surface area contributed by atoms with E-state index in [0.717, 1.165) is 41.0 Å². The Morgan fingerprint density at radius 1 is 1.35 bits per heavy atom. The number of hydrogen-bond acceptors (Lipinski definition) is 3. The smallest absolute Gasteiger partial charge is 0.141 e. The number of hydrogen-bond donors (Lipinski definition) is 2. The number of fused-ring (bicyclic) bond motifs is 1. The number of nitrogens with two attached hydrogens (primary N) is 1. The van der Waals surface area contributed by atoms with E-state index in [1.54, 1.807) is 0 Å². The van der Waals surface area contributed by atoms with Gasteiger partial charge in [-0.15, -0.1) is 0 Å². The van der Waals surface area contributed by atoms with Crippen molar-refractivity contribution in [2.75, 3.05) is 0 Å². The zero-order chi connectivity index (χ0) is 12.4. The van der Waals surface area contributed by atoms with Gasteiger partial charge in [0.25, 0.3) is 0 Å². The van der Waals surface area contributed by atoms with E-state index >= 15 is 0 Å². The Morgan fingerprint density at radius 2 is 2.12 bits per heavy atom. The molecule has 0 aliphatic heterocycles. The molecule has 0 radical (unpaired) electrons.